The second kappa shape index (κ2) is 5.73. The molecule has 1 fully saturated rings. The molecule has 1 heterocycles. The predicted molar refractivity (Wildman–Crippen MR) is 68.7 cm³/mol. The summed E-state index contributed by atoms with van der Waals surface area (Å²) in [6.07, 6.45) is 2.48. The molecular formula is C13H18N2O3. The summed E-state index contributed by atoms with van der Waals surface area (Å²) in [4.78, 5) is 13.1. The number of nitrogens with zero attached hydrogens (tertiary/aromatic N) is 1. The number of ether oxygens (including phenoxy) is 2. The van der Waals surface area contributed by atoms with Crippen LogP contribution in [0.4, 0.5) is 5.69 Å². The summed E-state index contributed by atoms with van der Waals surface area (Å²) in [6, 6.07) is 5.13. The Balaban J connectivity index is 2.13. The molecule has 0 amide bonds. The van der Waals surface area contributed by atoms with Crippen LogP contribution in [0.2, 0.25) is 0 Å². The third kappa shape index (κ3) is 2.73. The average Bonchev–Trinajstić information content (AvgIpc) is 2.91. The highest BCUT2D eigenvalue weighted by Gasteiger charge is 2.23. The Kier molecular flexibility index (Phi) is 4.04. The van der Waals surface area contributed by atoms with Crippen LogP contribution in [0.3, 0.4) is 0 Å². The first-order chi connectivity index (χ1) is 8.74. The van der Waals surface area contributed by atoms with Crippen molar-refractivity contribution in [3.63, 3.8) is 0 Å². The molecule has 0 aliphatic carbocycles. The number of benzene rings is 1. The molecule has 0 spiro atoms. The molecule has 1 aromatic carbocycles. The van der Waals surface area contributed by atoms with Gasteiger partial charge in [0.25, 0.3) is 0 Å². The van der Waals surface area contributed by atoms with Crippen LogP contribution in [0.25, 0.3) is 0 Å². The molecule has 1 aliphatic rings. The number of nitrogen functional groups attached to an aromatic ring is 1. The fourth-order valence-corrected chi connectivity index (χ4v) is 2.10. The summed E-state index contributed by atoms with van der Waals surface area (Å²) in [5.41, 5.74) is 6.27. The first-order valence-corrected chi connectivity index (χ1v) is 6.04. The number of hydrogen-bond donors (Lipinski definition) is 1. The van der Waals surface area contributed by atoms with Gasteiger partial charge in [-0.05, 0) is 25.0 Å². The molecule has 0 bridgehead atoms. The summed E-state index contributed by atoms with van der Waals surface area (Å²) in [5, 5.41) is 0. The molecule has 2 N–H and O–H groups in total. The van der Waals surface area contributed by atoms with Gasteiger partial charge in [0, 0.05) is 24.8 Å². The molecule has 0 saturated carbocycles. The number of hydrogen-bond acceptors (Lipinski definition) is 5. The number of carbonyl (C=O) groups is 1. The first-order valence-electron chi connectivity index (χ1n) is 6.04. The summed E-state index contributed by atoms with van der Waals surface area (Å²) >= 11 is 0. The molecule has 0 aromatic heterocycles. The molecule has 18 heavy (non-hydrogen) atoms. The van der Waals surface area contributed by atoms with E-state index >= 15 is 0 Å². The van der Waals surface area contributed by atoms with Crippen molar-refractivity contribution in [1.29, 1.82) is 0 Å². The Hall–Kier alpha value is -1.75. The Bertz CT molecular complexity index is 417. The minimum Gasteiger partial charge on any atom is -0.493 e. The van der Waals surface area contributed by atoms with Crippen molar-refractivity contribution in [3.05, 3.63) is 18.2 Å². The van der Waals surface area contributed by atoms with Gasteiger partial charge in [-0.3, -0.25) is 9.69 Å². The standard InChI is InChI=1S/C13H18N2O3/c1-17-12-8-10(14)4-5-11(12)18-13(9-16)15-6-2-3-7-15/h4-5,8-9,13H,2-3,6-7,14H2,1H3. The van der Waals surface area contributed by atoms with E-state index in [2.05, 4.69) is 0 Å². The average molecular weight is 250 g/mol. The lowest BCUT2D eigenvalue weighted by Crippen LogP contribution is -2.38. The second-order valence-electron chi connectivity index (χ2n) is 4.30. The van der Waals surface area contributed by atoms with E-state index in [1.54, 1.807) is 25.3 Å². The van der Waals surface area contributed by atoms with Gasteiger partial charge in [-0.2, -0.15) is 0 Å². The number of methoxy groups -OCH3 is 1. The minimum absolute atomic E-state index is 0.538. The maximum absolute atomic E-state index is 11.1. The van der Waals surface area contributed by atoms with Gasteiger partial charge in [0.05, 0.1) is 7.11 Å². The van der Waals surface area contributed by atoms with Crippen LogP contribution in [0.1, 0.15) is 12.8 Å². The van der Waals surface area contributed by atoms with Crippen molar-refractivity contribution in [2.24, 2.45) is 0 Å². The molecule has 1 unspecified atom stereocenters. The lowest BCUT2D eigenvalue weighted by molar-refractivity contribution is -0.120. The summed E-state index contributed by atoms with van der Waals surface area (Å²) < 4.78 is 10.9. The smallest absolute Gasteiger partial charge is 0.209 e. The normalized spacial score (nSPS) is 17.4. The summed E-state index contributed by atoms with van der Waals surface area (Å²) in [7, 11) is 1.55. The minimum atomic E-state index is -0.551. The first kappa shape index (κ1) is 12.7. The van der Waals surface area contributed by atoms with E-state index in [0.717, 1.165) is 32.2 Å². The van der Waals surface area contributed by atoms with Gasteiger partial charge < -0.3 is 15.2 Å². The molecule has 1 atom stereocenters. The van der Waals surface area contributed by atoms with Crippen LogP contribution in [-0.4, -0.2) is 37.6 Å². The van der Waals surface area contributed by atoms with Crippen LogP contribution in [0, 0.1) is 0 Å². The van der Waals surface area contributed by atoms with Crippen molar-refractivity contribution in [2.45, 2.75) is 19.1 Å². The van der Waals surface area contributed by atoms with E-state index in [4.69, 9.17) is 15.2 Å². The van der Waals surface area contributed by atoms with Crippen molar-refractivity contribution in [3.8, 4) is 11.5 Å². The van der Waals surface area contributed by atoms with E-state index in [1.165, 1.54) is 0 Å². The van der Waals surface area contributed by atoms with Gasteiger partial charge >= 0.3 is 0 Å². The molecule has 98 valence electrons. The third-order valence-electron chi connectivity index (χ3n) is 3.05. The Morgan fingerprint density at radius 2 is 2.06 bits per heavy atom. The molecule has 1 aromatic rings. The fourth-order valence-electron chi connectivity index (χ4n) is 2.10. The van der Waals surface area contributed by atoms with Gasteiger partial charge in [0.2, 0.25) is 6.23 Å². The van der Waals surface area contributed by atoms with E-state index in [-0.39, 0.29) is 0 Å². The molecule has 2 rings (SSSR count). The molecule has 5 nitrogen and oxygen atoms in total. The summed E-state index contributed by atoms with van der Waals surface area (Å²) in [6.45, 7) is 1.78. The Morgan fingerprint density at radius 3 is 2.67 bits per heavy atom. The van der Waals surface area contributed by atoms with Gasteiger partial charge in [0.15, 0.2) is 17.8 Å². The van der Waals surface area contributed by atoms with Crippen molar-refractivity contribution in [2.75, 3.05) is 25.9 Å². The lowest BCUT2D eigenvalue weighted by Gasteiger charge is -2.24. The molecular weight excluding hydrogens is 232 g/mol. The van der Waals surface area contributed by atoms with Crippen LogP contribution < -0.4 is 15.2 Å². The quantitative estimate of drug-likeness (QED) is 0.630. The third-order valence-corrected chi connectivity index (χ3v) is 3.05. The number of nitrogens with two attached hydrogens (primary N) is 1. The highest BCUT2D eigenvalue weighted by Crippen LogP contribution is 2.30. The van der Waals surface area contributed by atoms with E-state index in [0.29, 0.717) is 17.2 Å². The molecule has 5 heteroatoms. The van der Waals surface area contributed by atoms with Crippen molar-refractivity contribution >= 4 is 12.0 Å². The maximum Gasteiger partial charge on any atom is 0.209 e. The second-order valence-corrected chi connectivity index (χ2v) is 4.30. The zero-order chi connectivity index (χ0) is 13.0. The van der Waals surface area contributed by atoms with Gasteiger partial charge in [0.1, 0.15) is 0 Å². The number of aldehydes is 1. The number of likely N-dealkylation sites (tertiary alicyclic amines) is 1. The molecule has 1 aliphatic heterocycles. The SMILES string of the molecule is COc1cc(N)ccc1OC(C=O)N1CCCC1. The topological polar surface area (TPSA) is 64.8 Å². The zero-order valence-corrected chi connectivity index (χ0v) is 10.5. The van der Waals surface area contributed by atoms with Crippen LogP contribution in [0.15, 0.2) is 18.2 Å². The Morgan fingerprint density at radius 1 is 1.33 bits per heavy atom. The van der Waals surface area contributed by atoms with Crippen LogP contribution in [-0.2, 0) is 4.79 Å². The number of rotatable bonds is 5. The van der Waals surface area contributed by atoms with Gasteiger partial charge in [-0.1, -0.05) is 0 Å². The van der Waals surface area contributed by atoms with E-state index < -0.39 is 6.23 Å². The number of anilines is 1. The monoisotopic (exact) mass is 250 g/mol. The van der Waals surface area contributed by atoms with Gasteiger partial charge in [-0.15, -0.1) is 0 Å². The maximum atomic E-state index is 11.1. The fraction of sp³-hybridized carbons (Fsp3) is 0.462. The highest BCUT2D eigenvalue weighted by molar-refractivity contribution is 5.58. The molecule has 0 radical (unpaired) electrons. The number of carbonyl (C=O) groups excluding carboxylic acids is 1. The van der Waals surface area contributed by atoms with Crippen LogP contribution in [0.5, 0.6) is 11.5 Å². The summed E-state index contributed by atoms with van der Waals surface area (Å²) in [5.74, 6) is 1.08. The van der Waals surface area contributed by atoms with Crippen molar-refractivity contribution < 1.29 is 14.3 Å². The van der Waals surface area contributed by atoms with Gasteiger partial charge in [-0.25, -0.2) is 0 Å². The van der Waals surface area contributed by atoms with E-state index in [1.807, 2.05) is 4.90 Å². The molecule has 1 saturated heterocycles. The van der Waals surface area contributed by atoms with Crippen LogP contribution >= 0.6 is 0 Å². The van der Waals surface area contributed by atoms with E-state index in [9.17, 15) is 4.79 Å². The lowest BCUT2D eigenvalue weighted by atomic mass is 10.3. The highest BCUT2D eigenvalue weighted by atomic mass is 16.5. The Labute approximate surface area is 106 Å². The predicted octanol–water partition coefficient (Wildman–Crippen LogP) is 1.28. The zero-order valence-electron chi connectivity index (χ0n) is 10.5. The largest absolute Gasteiger partial charge is 0.493 e. The van der Waals surface area contributed by atoms with Crippen molar-refractivity contribution in [1.82, 2.24) is 4.90 Å².